The fourth-order valence-electron chi connectivity index (χ4n) is 5.54. The highest BCUT2D eigenvalue weighted by Gasteiger charge is 2.21. The number of thiazole rings is 1. The van der Waals surface area contributed by atoms with Gasteiger partial charge in [-0.25, -0.2) is 14.6 Å². The molecule has 2 aromatic carbocycles. The van der Waals surface area contributed by atoms with Crippen molar-refractivity contribution in [1.29, 1.82) is 0 Å². The summed E-state index contributed by atoms with van der Waals surface area (Å²) in [4.78, 5) is 47.0. The number of amides is 4. The highest BCUT2D eigenvalue weighted by atomic mass is 32.1. The van der Waals surface area contributed by atoms with E-state index in [2.05, 4.69) is 31.2 Å². The molecule has 246 valence electrons. The molecule has 11 nitrogen and oxygen atoms in total. The minimum Gasteiger partial charge on any atom is -0.444 e. The van der Waals surface area contributed by atoms with Crippen LogP contribution in [0.2, 0.25) is 0 Å². The quantitative estimate of drug-likeness (QED) is 0.195. The number of urea groups is 1. The third-order valence-corrected chi connectivity index (χ3v) is 8.90. The Bertz CT molecular complexity index is 1470. The number of hydrogen-bond acceptors (Lipinski definition) is 8. The lowest BCUT2D eigenvalue weighted by Gasteiger charge is -2.27. The van der Waals surface area contributed by atoms with Crippen LogP contribution < -0.4 is 21.3 Å². The van der Waals surface area contributed by atoms with Crippen molar-refractivity contribution in [2.24, 2.45) is 0 Å². The normalized spacial score (nSPS) is 15.7. The van der Waals surface area contributed by atoms with Crippen molar-refractivity contribution >= 4 is 45.9 Å². The molecule has 0 radical (unpaired) electrons. The van der Waals surface area contributed by atoms with Gasteiger partial charge in [-0.3, -0.25) is 20.3 Å². The number of benzene rings is 2. The van der Waals surface area contributed by atoms with Crippen LogP contribution in [0.1, 0.15) is 79.0 Å². The first-order valence-corrected chi connectivity index (χ1v) is 16.8. The second-order valence-electron chi connectivity index (χ2n) is 12.6. The molecule has 1 aliphatic heterocycles. The summed E-state index contributed by atoms with van der Waals surface area (Å²) >= 11 is 1.56. The van der Waals surface area contributed by atoms with E-state index in [0.29, 0.717) is 22.1 Å². The number of aromatic nitrogens is 1. The number of carbonyl (C=O) groups is 3. The Kier molecular flexibility index (Phi) is 11.3. The molecule has 46 heavy (non-hydrogen) atoms. The second kappa shape index (κ2) is 15.5. The van der Waals surface area contributed by atoms with Crippen molar-refractivity contribution in [3.8, 4) is 0 Å². The Balaban J connectivity index is 1.24. The number of anilines is 3. The summed E-state index contributed by atoms with van der Waals surface area (Å²) in [6, 6.07) is 13.6. The number of carbonyl (C=O) groups excluding carboxylic acids is 3. The zero-order valence-corrected chi connectivity index (χ0v) is 27.6. The van der Waals surface area contributed by atoms with E-state index in [1.807, 2.05) is 12.1 Å². The summed E-state index contributed by atoms with van der Waals surface area (Å²) in [5, 5.41) is 12.3. The third kappa shape index (κ3) is 9.75. The summed E-state index contributed by atoms with van der Waals surface area (Å²) < 4.78 is 10.8. The maximum Gasteiger partial charge on any atom is 0.412 e. The number of fused-ring (bicyclic) bond motifs is 1. The predicted octanol–water partition coefficient (Wildman–Crippen LogP) is 6.60. The monoisotopic (exact) mass is 648 g/mol. The lowest BCUT2D eigenvalue weighted by molar-refractivity contribution is 0.0369. The standard InChI is InChI=1S/C34H44N6O5S/c1-34(2,3)45-33(43)38-27-10-5-4-9-26(27)35-30(41)24-16-14-23(15-17-24)25(12-8-18-40-19-21-44-22-20-40)36-31(42)39-32-37-28-11-6-7-13-29(28)46-32/h4-5,9-10,14-17,25H,6-8,11-13,18-22H2,1-3H3,(H,35,41)(H,38,43)(H2,36,37,39,42). The van der Waals surface area contributed by atoms with E-state index in [4.69, 9.17) is 9.47 Å². The Morgan fingerprint density at radius 2 is 1.65 bits per heavy atom. The van der Waals surface area contributed by atoms with Crippen LogP contribution in [0.5, 0.6) is 0 Å². The summed E-state index contributed by atoms with van der Waals surface area (Å²) in [7, 11) is 0. The number of nitrogens with one attached hydrogen (secondary N) is 4. The van der Waals surface area contributed by atoms with Gasteiger partial charge in [0, 0.05) is 23.5 Å². The number of morpholine rings is 1. The molecule has 5 rings (SSSR count). The lowest BCUT2D eigenvalue weighted by Crippen LogP contribution is -2.37. The molecule has 0 bridgehead atoms. The van der Waals surface area contributed by atoms with Gasteiger partial charge in [-0.2, -0.15) is 0 Å². The molecular formula is C34H44N6O5S. The summed E-state index contributed by atoms with van der Waals surface area (Å²) in [5.74, 6) is -0.327. The molecular weight excluding hydrogens is 604 g/mol. The van der Waals surface area contributed by atoms with Crippen LogP contribution in [0.4, 0.5) is 26.1 Å². The van der Waals surface area contributed by atoms with Crippen LogP contribution in [0.25, 0.3) is 0 Å². The van der Waals surface area contributed by atoms with Gasteiger partial charge in [0.15, 0.2) is 5.13 Å². The van der Waals surface area contributed by atoms with E-state index in [9.17, 15) is 14.4 Å². The first-order valence-electron chi connectivity index (χ1n) is 16.0. The van der Waals surface area contributed by atoms with Crippen LogP contribution >= 0.6 is 11.3 Å². The Morgan fingerprint density at radius 1 is 0.957 bits per heavy atom. The number of para-hydroxylation sites is 2. The lowest BCUT2D eigenvalue weighted by atomic mass is 10.00. The van der Waals surface area contributed by atoms with Crippen molar-refractivity contribution in [3.05, 3.63) is 70.2 Å². The minimum atomic E-state index is -0.653. The number of nitrogens with zero attached hydrogens (tertiary/aromatic N) is 2. The zero-order valence-electron chi connectivity index (χ0n) is 26.8. The number of rotatable bonds is 10. The van der Waals surface area contributed by atoms with Gasteiger partial charge in [-0.15, -0.1) is 11.3 Å². The first kappa shape index (κ1) is 33.4. The van der Waals surface area contributed by atoms with Gasteiger partial charge in [-0.1, -0.05) is 24.3 Å². The average Bonchev–Trinajstić information content (AvgIpc) is 3.43. The van der Waals surface area contributed by atoms with Gasteiger partial charge < -0.3 is 20.1 Å². The topological polar surface area (TPSA) is 134 Å². The van der Waals surface area contributed by atoms with Crippen LogP contribution in [0.3, 0.4) is 0 Å². The minimum absolute atomic E-state index is 0.258. The molecule has 4 N–H and O–H groups in total. The highest BCUT2D eigenvalue weighted by Crippen LogP contribution is 2.30. The van der Waals surface area contributed by atoms with E-state index in [1.165, 1.54) is 4.88 Å². The van der Waals surface area contributed by atoms with E-state index in [1.54, 1.807) is 68.5 Å². The summed E-state index contributed by atoms with van der Waals surface area (Å²) in [5.41, 5.74) is 2.68. The summed E-state index contributed by atoms with van der Waals surface area (Å²) in [6.45, 7) is 9.58. The molecule has 3 aromatic rings. The summed E-state index contributed by atoms with van der Waals surface area (Å²) in [6.07, 6.45) is 5.29. The predicted molar refractivity (Wildman–Crippen MR) is 181 cm³/mol. The fraction of sp³-hybridized carbons (Fsp3) is 0.471. The average molecular weight is 649 g/mol. The molecule has 1 saturated heterocycles. The molecule has 0 saturated carbocycles. The molecule has 12 heteroatoms. The highest BCUT2D eigenvalue weighted by molar-refractivity contribution is 7.15. The van der Waals surface area contributed by atoms with Crippen molar-refractivity contribution in [2.75, 3.05) is 48.8 Å². The molecule has 2 heterocycles. The van der Waals surface area contributed by atoms with Crippen molar-refractivity contribution in [2.45, 2.75) is 70.9 Å². The first-order chi connectivity index (χ1) is 22.1. The van der Waals surface area contributed by atoms with Gasteiger partial charge in [0.1, 0.15) is 5.60 Å². The van der Waals surface area contributed by atoms with Gasteiger partial charge in [0.25, 0.3) is 5.91 Å². The van der Waals surface area contributed by atoms with E-state index in [-0.39, 0.29) is 18.0 Å². The van der Waals surface area contributed by atoms with E-state index >= 15 is 0 Å². The van der Waals surface area contributed by atoms with Crippen molar-refractivity contribution < 1.29 is 23.9 Å². The van der Waals surface area contributed by atoms with Crippen LogP contribution in [-0.2, 0) is 22.3 Å². The van der Waals surface area contributed by atoms with Crippen LogP contribution in [-0.4, -0.2) is 66.4 Å². The Labute approximate surface area is 274 Å². The fourth-order valence-corrected chi connectivity index (χ4v) is 6.58. The van der Waals surface area contributed by atoms with Gasteiger partial charge in [0.2, 0.25) is 0 Å². The SMILES string of the molecule is CC(C)(C)OC(=O)Nc1ccccc1NC(=O)c1ccc(C(CCCN2CCOCC2)NC(=O)Nc2nc3c(s2)CCCC3)cc1. The van der Waals surface area contributed by atoms with E-state index in [0.717, 1.165) is 82.6 Å². The maximum absolute atomic E-state index is 13.2. The third-order valence-electron chi connectivity index (χ3n) is 7.83. The molecule has 4 amide bonds. The number of aryl methyl sites for hydroxylation is 2. The molecule has 2 aliphatic rings. The van der Waals surface area contributed by atoms with Gasteiger partial charge in [-0.05, 0) is 95.7 Å². The Hall–Kier alpha value is -4.00. The smallest absolute Gasteiger partial charge is 0.412 e. The van der Waals surface area contributed by atoms with Gasteiger partial charge in [0.05, 0.1) is 36.3 Å². The Morgan fingerprint density at radius 3 is 2.35 bits per heavy atom. The maximum atomic E-state index is 13.2. The van der Waals surface area contributed by atoms with E-state index < -0.39 is 11.7 Å². The molecule has 1 aromatic heterocycles. The zero-order chi connectivity index (χ0) is 32.5. The molecule has 1 fully saturated rings. The molecule has 0 spiro atoms. The molecule has 1 unspecified atom stereocenters. The van der Waals surface area contributed by atoms with Crippen molar-refractivity contribution in [3.63, 3.8) is 0 Å². The molecule has 1 atom stereocenters. The largest absolute Gasteiger partial charge is 0.444 e. The van der Waals surface area contributed by atoms with Crippen LogP contribution in [0, 0.1) is 0 Å². The number of ether oxygens (including phenoxy) is 2. The second-order valence-corrected chi connectivity index (χ2v) is 13.7. The molecule has 1 aliphatic carbocycles. The van der Waals surface area contributed by atoms with Crippen molar-refractivity contribution in [1.82, 2.24) is 15.2 Å². The van der Waals surface area contributed by atoms with Crippen LogP contribution in [0.15, 0.2) is 48.5 Å². The number of hydrogen-bond donors (Lipinski definition) is 4. The van der Waals surface area contributed by atoms with Gasteiger partial charge >= 0.3 is 12.1 Å².